The van der Waals surface area contributed by atoms with E-state index in [4.69, 9.17) is 18.9 Å². The molecule has 12 heteroatoms. The van der Waals surface area contributed by atoms with E-state index in [1.807, 2.05) is 0 Å². The van der Waals surface area contributed by atoms with E-state index < -0.39 is 24.2 Å². The number of hydrogen-bond acceptors (Lipinski definition) is 9. The summed E-state index contributed by atoms with van der Waals surface area (Å²) in [7, 11) is 4.33. The highest BCUT2D eigenvalue weighted by molar-refractivity contribution is 7.07. The molecule has 2 heterocycles. The molecular formula is C27H26F2N2O7S. The van der Waals surface area contributed by atoms with Crippen LogP contribution >= 0.6 is 11.3 Å². The third-order valence-electron chi connectivity index (χ3n) is 5.94. The van der Waals surface area contributed by atoms with Gasteiger partial charge in [-0.15, -0.1) is 0 Å². The molecular weight excluding hydrogens is 534 g/mol. The fourth-order valence-corrected chi connectivity index (χ4v) is 5.30. The first-order valence-corrected chi connectivity index (χ1v) is 12.6. The Hall–Kier alpha value is -4.19. The number of fused-ring (bicyclic) bond motifs is 1. The maximum Gasteiger partial charge on any atom is 0.387 e. The summed E-state index contributed by atoms with van der Waals surface area (Å²) in [5.74, 6) is 0.273. The summed E-state index contributed by atoms with van der Waals surface area (Å²) in [4.78, 5) is 31.8. The van der Waals surface area contributed by atoms with Gasteiger partial charge in [0.15, 0.2) is 27.8 Å². The summed E-state index contributed by atoms with van der Waals surface area (Å²) in [5, 5.41) is 0. The maximum absolute atomic E-state index is 13.8. The van der Waals surface area contributed by atoms with Crippen LogP contribution in [-0.2, 0) is 9.53 Å². The number of alkyl halides is 2. The van der Waals surface area contributed by atoms with Crippen LogP contribution in [0.25, 0.3) is 6.08 Å². The standard InChI is InChI=1S/C27H26F2N2O7S/c1-6-37-25(33)22-14(2)30-27-31(23(22)16-8-10-17(34-3)20(13-16)36-5)24(32)21(39-27)12-15-7-9-18(38-26(28)29)19(11-15)35-4/h7-13,23,26H,6H2,1-5H3/b21-12-. The maximum atomic E-state index is 13.8. The molecule has 0 aliphatic carbocycles. The van der Waals surface area contributed by atoms with Crippen molar-refractivity contribution >= 4 is 23.4 Å². The molecule has 0 N–H and O–H groups in total. The van der Waals surface area contributed by atoms with Crippen molar-refractivity contribution in [3.63, 3.8) is 0 Å². The number of allylic oxidation sites excluding steroid dienone is 1. The van der Waals surface area contributed by atoms with Crippen LogP contribution in [0.4, 0.5) is 8.78 Å². The van der Waals surface area contributed by atoms with Crippen molar-refractivity contribution in [3.05, 3.63) is 78.5 Å². The SMILES string of the molecule is CCOC(=O)C1=C(C)N=c2s/c(=C\c3ccc(OC(F)F)c(OC)c3)c(=O)n2C1c1ccc(OC)c(OC)c1. The fourth-order valence-electron chi connectivity index (χ4n) is 4.25. The molecule has 1 atom stereocenters. The average Bonchev–Trinajstić information content (AvgIpc) is 3.21. The molecule has 0 radical (unpaired) electrons. The molecule has 9 nitrogen and oxygen atoms in total. The van der Waals surface area contributed by atoms with E-state index in [9.17, 15) is 18.4 Å². The minimum Gasteiger partial charge on any atom is -0.493 e. The number of carbonyl (C=O) groups excluding carboxylic acids is 1. The van der Waals surface area contributed by atoms with Crippen molar-refractivity contribution in [2.45, 2.75) is 26.5 Å². The van der Waals surface area contributed by atoms with Gasteiger partial charge in [0.25, 0.3) is 5.56 Å². The van der Waals surface area contributed by atoms with E-state index in [2.05, 4.69) is 9.73 Å². The van der Waals surface area contributed by atoms with Crippen molar-refractivity contribution in [3.8, 4) is 23.0 Å². The molecule has 0 fully saturated rings. The van der Waals surface area contributed by atoms with Crippen molar-refractivity contribution in [2.75, 3.05) is 27.9 Å². The minimum atomic E-state index is -3.01. The Kier molecular flexibility index (Phi) is 8.34. The van der Waals surface area contributed by atoms with Crippen molar-refractivity contribution in [1.29, 1.82) is 0 Å². The number of thiazole rings is 1. The summed E-state index contributed by atoms with van der Waals surface area (Å²) < 4.78 is 52.9. The first-order valence-electron chi connectivity index (χ1n) is 11.8. The Labute approximate surface area is 226 Å². The summed E-state index contributed by atoms with van der Waals surface area (Å²) in [6, 6.07) is 8.63. The molecule has 1 aliphatic rings. The number of aromatic nitrogens is 1. The molecule has 1 aliphatic heterocycles. The van der Waals surface area contributed by atoms with Gasteiger partial charge in [-0.2, -0.15) is 8.78 Å². The highest BCUT2D eigenvalue weighted by Gasteiger charge is 2.34. The lowest BCUT2D eigenvalue weighted by Gasteiger charge is -2.25. The number of methoxy groups -OCH3 is 3. The second-order valence-corrected chi connectivity index (χ2v) is 9.21. The third kappa shape index (κ3) is 5.51. The first-order chi connectivity index (χ1) is 18.7. The Bertz CT molecular complexity index is 1610. The summed E-state index contributed by atoms with van der Waals surface area (Å²) in [5.41, 5.74) is 1.34. The van der Waals surface area contributed by atoms with Gasteiger partial charge < -0.3 is 23.7 Å². The lowest BCUT2D eigenvalue weighted by Crippen LogP contribution is -2.39. The second-order valence-electron chi connectivity index (χ2n) is 8.21. The zero-order valence-electron chi connectivity index (χ0n) is 21.8. The molecule has 2 aromatic carbocycles. The van der Waals surface area contributed by atoms with E-state index >= 15 is 0 Å². The van der Waals surface area contributed by atoms with E-state index in [1.165, 1.54) is 44.1 Å². The Balaban J connectivity index is 1.91. The number of carbonyl (C=O) groups is 1. The molecule has 1 unspecified atom stereocenters. The normalized spacial score (nSPS) is 15.1. The second kappa shape index (κ2) is 11.7. The molecule has 0 spiro atoms. The summed E-state index contributed by atoms with van der Waals surface area (Å²) in [6.07, 6.45) is 1.59. The smallest absolute Gasteiger partial charge is 0.387 e. The highest BCUT2D eigenvalue weighted by Crippen LogP contribution is 2.36. The number of rotatable bonds is 9. The molecule has 1 aromatic heterocycles. The van der Waals surface area contributed by atoms with Crippen LogP contribution < -0.4 is 33.8 Å². The average molecular weight is 561 g/mol. The number of ether oxygens (including phenoxy) is 5. The monoisotopic (exact) mass is 560 g/mol. The molecule has 0 amide bonds. The summed E-state index contributed by atoms with van der Waals surface area (Å²) in [6.45, 7) is 0.511. The fraction of sp³-hybridized carbons (Fsp3) is 0.296. The van der Waals surface area contributed by atoms with Crippen LogP contribution in [0.3, 0.4) is 0 Å². The predicted octanol–water partition coefficient (Wildman–Crippen LogP) is 3.43. The van der Waals surface area contributed by atoms with E-state index in [0.717, 1.165) is 11.3 Å². The number of esters is 1. The van der Waals surface area contributed by atoms with Gasteiger partial charge in [0.05, 0.1) is 49.8 Å². The van der Waals surface area contributed by atoms with Crippen LogP contribution in [0.5, 0.6) is 23.0 Å². The number of nitrogens with zero attached hydrogens (tertiary/aromatic N) is 2. The number of halogens is 2. The lowest BCUT2D eigenvalue weighted by molar-refractivity contribution is -0.139. The largest absolute Gasteiger partial charge is 0.493 e. The third-order valence-corrected chi connectivity index (χ3v) is 6.92. The van der Waals surface area contributed by atoms with Crippen LogP contribution in [0.1, 0.15) is 31.0 Å². The van der Waals surface area contributed by atoms with Crippen molar-refractivity contribution < 1.29 is 37.3 Å². The van der Waals surface area contributed by atoms with Gasteiger partial charge in [-0.05, 0) is 55.3 Å². The number of benzene rings is 2. The van der Waals surface area contributed by atoms with Gasteiger partial charge in [0, 0.05) is 0 Å². The van der Waals surface area contributed by atoms with Gasteiger partial charge in [0.2, 0.25) is 0 Å². The minimum absolute atomic E-state index is 0.0838. The van der Waals surface area contributed by atoms with Gasteiger partial charge in [0.1, 0.15) is 0 Å². The van der Waals surface area contributed by atoms with Crippen LogP contribution in [0, 0.1) is 0 Å². The zero-order chi connectivity index (χ0) is 28.3. The first kappa shape index (κ1) is 27.8. The van der Waals surface area contributed by atoms with Gasteiger partial charge in [-0.1, -0.05) is 23.5 Å². The predicted molar refractivity (Wildman–Crippen MR) is 140 cm³/mol. The highest BCUT2D eigenvalue weighted by atomic mass is 32.1. The van der Waals surface area contributed by atoms with Crippen LogP contribution in [0.15, 0.2) is 57.5 Å². The molecule has 3 aromatic rings. The van der Waals surface area contributed by atoms with E-state index in [0.29, 0.717) is 37.7 Å². The summed E-state index contributed by atoms with van der Waals surface area (Å²) >= 11 is 1.13. The molecule has 0 bridgehead atoms. The van der Waals surface area contributed by atoms with Crippen molar-refractivity contribution in [2.24, 2.45) is 4.99 Å². The quantitative estimate of drug-likeness (QED) is 0.370. The number of hydrogen-bond donors (Lipinski definition) is 0. The van der Waals surface area contributed by atoms with E-state index in [-0.39, 0.29) is 23.7 Å². The van der Waals surface area contributed by atoms with Crippen molar-refractivity contribution in [1.82, 2.24) is 4.57 Å². The lowest BCUT2D eigenvalue weighted by atomic mass is 9.95. The zero-order valence-corrected chi connectivity index (χ0v) is 22.6. The Morgan fingerprint density at radius 3 is 2.36 bits per heavy atom. The topological polar surface area (TPSA) is 97.6 Å². The molecule has 0 saturated carbocycles. The van der Waals surface area contributed by atoms with Gasteiger partial charge in [-0.25, -0.2) is 9.79 Å². The van der Waals surface area contributed by atoms with Crippen LogP contribution in [0.2, 0.25) is 0 Å². The Morgan fingerprint density at radius 1 is 1.05 bits per heavy atom. The van der Waals surface area contributed by atoms with Crippen LogP contribution in [-0.4, -0.2) is 45.1 Å². The molecule has 4 rings (SSSR count). The van der Waals surface area contributed by atoms with E-state index in [1.54, 1.807) is 38.1 Å². The van der Waals surface area contributed by atoms with Gasteiger partial charge >= 0.3 is 12.6 Å². The Morgan fingerprint density at radius 2 is 1.72 bits per heavy atom. The molecule has 206 valence electrons. The molecule has 0 saturated heterocycles. The molecule has 39 heavy (non-hydrogen) atoms. The van der Waals surface area contributed by atoms with Gasteiger partial charge in [-0.3, -0.25) is 9.36 Å².